The van der Waals surface area contributed by atoms with E-state index in [2.05, 4.69) is 20.6 Å². The summed E-state index contributed by atoms with van der Waals surface area (Å²) in [5, 5.41) is 7.97. The highest BCUT2D eigenvalue weighted by Gasteiger charge is 2.35. The number of hydrogen-bond acceptors (Lipinski definition) is 5. The number of ether oxygens (including phenoxy) is 1. The largest absolute Gasteiger partial charge is 0.376 e. The van der Waals surface area contributed by atoms with E-state index in [4.69, 9.17) is 4.74 Å². The summed E-state index contributed by atoms with van der Waals surface area (Å²) in [7, 11) is 0. The summed E-state index contributed by atoms with van der Waals surface area (Å²) in [6.07, 6.45) is 6.21. The lowest BCUT2D eigenvalue weighted by molar-refractivity contribution is -0.128. The van der Waals surface area contributed by atoms with Gasteiger partial charge in [0.2, 0.25) is 5.91 Å². The third-order valence-electron chi connectivity index (χ3n) is 4.80. The van der Waals surface area contributed by atoms with Crippen LogP contribution in [0, 0.1) is 5.92 Å². The number of amides is 2. The van der Waals surface area contributed by atoms with Gasteiger partial charge in [0, 0.05) is 30.3 Å². The van der Waals surface area contributed by atoms with Crippen molar-refractivity contribution in [3.8, 4) is 0 Å². The lowest BCUT2D eigenvalue weighted by Gasteiger charge is -2.35. The molecule has 0 unspecified atom stereocenters. The topological polar surface area (TPSA) is 96.1 Å². The van der Waals surface area contributed by atoms with E-state index in [9.17, 15) is 9.59 Å². The number of thiazole rings is 1. The van der Waals surface area contributed by atoms with Crippen molar-refractivity contribution in [2.75, 3.05) is 6.61 Å². The maximum atomic E-state index is 12.5. The van der Waals surface area contributed by atoms with Crippen LogP contribution in [-0.4, -0.2) is 40.5 Å². The number of rotatable bonds is 8. The zero-order valence-corrected chi connectivity index (χ0v) is 16.3. The summed E-state index contributed by atoms with van der Waals surface area (Å²) in [5.41, 5.74) is 3.24. The van der Waals surface area contributed by atoms with Crippen LogP contribution >= 0.6 is 11.3 Å². The van der Waals surface area contributed by atoms with Gasteiger partial charge >= 0.3 is 0 Å². The molecule has 1 fully saturated rings. The number of nitrogens with zero attached hydrogens (tertiary/aromatic N) is 1. The number of carbonyl (C=O) groups excluding carboxylic acids is 2. The lowest BCUT2D eigenvalue weighted by Crippen LogP contribution is -2.50. The SMILES string of the molecule is CCCO[C@H]1C[C@@H](C(=O)NCc2cscn2)CC[C@@H]1NC(=O)c1cc[nH]c1. The van der Waals surface area contributed by atoms with Crippen LogP contribution in [-0.2, 0) is 16.1 Å². The number of aromatic amines is 1. The highest BCUT2D eigenvalue weighted by molar-refractivity contribution is 7.07. The quantitative estimate of drug-likeness (QED) is 0.645. The smallest absolute Gasteiger partial charge is 0.253 e. The van der Waals surface area contributed by atoms with Gasteiger partial charge in [0.05, 0.1) is 35.5 Å². The Morgan fingerprint density at radius 2 is 2.30 bits per heavy atom. The molecule has 0 radical (unpaired) electrons. The Kier molecular flexibility index (Phi) is 7.00. The van der Waals surface area contributed by atoms with Crippen molar-refractivity contribution in [1.82, 2.24) is 20.6 Å². The molecule has 0 aliphatic heterocycles. The molecule has 2 amide bonds. The zero-order valence-electron chi connectivity index (χ0n) is 15.4. The summed E-state index contributed by atoms with van der Waals surface area (Å²) in [6, 6.07) is 1.66. The van der Waals surface area contributed by atoms with Gasteiger partial charge < -0.3 is 20.4 Å². The van der Waals surface area contributed by atoms with Gasteiger partial charge in [-0.25, -0.2) is 4.98 Å². The van der Waals surface area contributed by atoms with E-state index in [0.717, 1.165) is 25.0 Å². The molecule has 3 atom stereocenters. The van der Waals surface area contributed by atoms with Gasteiger partial charge in [-0.1, -0.05) is 6.92 Å². The normalized spacial score (nSPS) is 22.3. The van der Waals surface area contributed by atoms with Gasteiger partial charge in [0.25, 0.3) is 5.91 Å². The maximum absolute atomic E-state index is 12.5. The van der Waals surface area contributed by atoms with Crippen molar-refractivity contribution >= 4 is 23.2 Å². The average Bonchev–Trinajstić information content (AvgIpc) is 3.39. The predicted molar refractivity (Wildman–Crippen MR) is 103 cm³/mol. The summed E-state index contributed by atoms with van der Waals surface area (Å²) < 4.78 is 5.98. The number of aromatic nitrogens is 2. The van der Waals surface area contributed by atoms with Crippen LogP contribution < -0.4 is 10.6 Å². The van der Waals surface area contributed by atoms with Crippen molar-refractivity contribution in [2.24, 2.45) is 5.92 Å². The van der Waals surface area contributed by atoms with E-state index in [-0.39, 0.29) is 29.9 Å². The predicted octanol–water partition coefficient (Wildman–Crippen LogP) is 2.48. The summed E-state index contributed by atoms with van der Waals surface area (Å²) in [4.78, 5) is 32.0. The Hall–Kier alpha value is -2.19. The molecule has 1 aliphatic rings. The van der Waals surface area contributed by atoms with E-state index in [0.29, 0.717) is 25.1 Å². The first-order valence-electron chi connectivity index (χ1n) is 9.37. The molecule has 1 aliphatic carbocycles. The second-order valence-corrected chi connectivity index (χ2v) is 7.52. The molecule has 0 saturated heterocycles. The molecule has 7 nitrogen and oxygen atoms in total. The number of nitrogens with one attached hydrogen (secondary N) is 3. The third kappa shape index (κ3) is 5.40. The average molecular weight is 391 g/mol. The van der Waals surface area contributed by atoms with Gasteiger partial charge in [-0.2, -0.15) is 0 Å². The number of H-pyrrole nitrogens is 1. The van der Waals surface area contributed by atoms with Crippen LogP contribution in [0.1, 0.15) is 48.7 Å². The lowest BCUT2D eigenvalue weighted by atomic mass is 9.83. The minimum atomic E-state index is -0.156. The minimum Gasteiger partial charge on any atom is -0.376 e. The molecule has 3 N–H and O–H groups in total. The molecule has 2 aromatic heterocycles. The fourth-order valence-corrected chi connectivity index (χ4v) is 3.91. The maximum Gasteiger partial charge on any atom is 0.253 e. The van der Waals surface area contributed by atoms with Crippen LogP contribution in [0.4, 0.5) is 0 Å². The Bertz CT molecular complexity index is 717. The van der Waals surface area contributed by atoms with Crippen LogP contribution in [0.25, 0.3) is 0 Å². The van der Waals surface area contributed by atoms with Crippen molar-refractivity contribution in [3.05, 3.63) is 40.6 Å². The fourth-order valence-electron chi connectivity index (χ4n) is 3.35. The molecule has 2 aromatic rings. The van der Waals surface area contributed by atoms with Gasteiger partial charge in [-0.15, -0.1) is 11.3 Å². The van der Waals surface area contributed by atoms with Crippen molar-refractivity contribution in [3.63, 3.8) is 0 Å². The van der Waals surface area contributed by atoms with E-state index in [1.165, 1.54) is 11.3 Å². The highest BCUT2D eigenvalue weighted by Crippen LogP contribution is 2.28. The van der Waals surface area contributed by atoms with Gasteiger partial charge in [0.15, 0.2) is 0 Å². The Morgan fingerprint density at radius 3 is 3.00 bits per heavy atom. The Morgan fingerprint density at radius 1 is 1.41 bits per heavy atom. The van der Waals surface area contributed by atoms with Gasteiger partial charge in [-0.05, 0) is 31.7 Å². The zero-order chi connectivity index (χ0) is 19.1. The second-order valence-electron chi connectivity index (χ2n) is 6.80. The summed E-state index contributed by atoms with van der Waals surface area (Å²) >= 11 is 1.52. The standard InChI is InChI=1S/C19H26N4O3S/c1-2-7-26-17-8-13(18(24)21-10-15-11-27-12-22-15)3-4-16(17)23-19(25)14-5-6-20-9-14/h5-6,9,11-13,16-17,20H,2-4,7-8,10H2,1H3,(H,21,24)(H,23,25)/t13-,16-,17-/m0/s1. The monoisotopic (exact) mass is 390 g/mol. The number of carbonyl (C=O) groups is 2. The third-order valence-corrected chi connectivity index (χ3v) is 5.44. The molecule has 0 aromatic carbocycles. The van der Waals surface area contributed by atoms with Crippen LogP contribution in [0.5, 0.6) is 0 Å². The van der Waals surface area contributed by atoms with Crippen molar-refractivity contribution in [1.29, 1.82) is 0 Å². The molecule has 0 bridgehead atoms. The van der Waals surface area contributed by atoms with E-state index in [1.54, 1.807) is 24.0 Å². The van der Waals surface area contributed by atoms with E-state index >= 15 is 0 Å². The molecule has 8 heteroatoms. The molecule has 3 rings (SSSR count). The van der Waals surface area contributed by atoms with Crippen LogP contribution in [0.3, 0.4) is 0 Å². The van der Waals surface area contributed by atoms with E-state index in [1.807, 2.05) is 12.3 Å². The first-order valence-corrected chi connectivity index (χ1v) is 10.3. The highest BCUT2D eigenvalue weighted by atomic mass is 32.1. The Labute approximate surface area is 162 Å². The van der Waals surface area contributed by atoms with Crippen LogP contribution in [0.2, 0.25) is 0 Å². The first kappa shape index (κ1) is 19.6. The first-order chi connectivity index (χ1) is 13.2. The molecule has 1 saturated carbocycles. The van der Waals surface area contributed by atoms with Gasteiger partial charge in [-0.3, -0.25) is 9.59 Å². The second kappa shape index (κ2) is 9.66. The van der Waals surface area contributed by atoms with Gasteiger partial charge in [0.1, 0.15) is 0 Å². The number of hydrogen-bond donors (Lipinski definition) is 3. The molecule has 146 valence electrons. The summed E-state index contributed by atoms with van der Waals surface area (Å²) in [6.45, 7) is 3.12. The van der Waals surface area contributed by atoms with Crippen molar-refractivity contribution in [2.45, 2.75) is 51.3 Å². The Balaban J connectivity index is 1.56. The molecular weight excluding hydrogens is 364 g/mol. The summed E-state index contributed by atoms with van der Waals surface area (Å²) in [5.74, 6) is -0.188. The molecule has 0 spiro atoms. The molecular formula is C19H26N4O3S. The van der Waals surface area contributed by atoms with Crippen molar-refractivity contribution < 1.29 is 14.3 Å². The molecule has 2 heterocycles. The van der Waals surface area contributed by atoms with Crippen LogP contribution in [0.15, 0.2) is 29.4 Å². The minimum absolute atomic E-state index is 0.0310. The molecule has 27 heavy (non-hydrogen) atoms. The van der Waals surface area contributed by atoms with E-state index < -0.39 is 0 Å². The fraction of sp³-hybridized carbons (Fsp3) is 0.526.